The highest BCUT2D eigenvalue weighted by atomic mass is 32.2. The normalized spacial score (nSPS) is 22.4. The standard InChI is InChI=1S/C13H16FNO3S2/c1-9(19-12-4-2-10(14)3-5-12)13(16)15-11-6-7-20(17,18)8-11/h2-5,9,11H,6-8H2,1H3,(H,15,16)/t9-,11+/m1/s1. The zero-order chi connectivity index (χ0) is 14.8. The van der Waals surface area contributed by atoms with Gasteiger partial charge < -0.3 is 5.32 Å². The van der Waals surface area contributed by atoms with Crippen LogP contribution in [0.5, 0.6) is 0 Å². The van der Waals surface area contributed by atoms with Crippen molar-refractivity contribution in [3.63, 3.8) is 0 Å². The molecule has 2 atom stereocenters. The number of sulfone groups is 1. The Balaban J connectivity index is 1.88. The molecule has 7 heteroatoms. The quantitative estimate of drug-likeness (QED) is 0.857. The summed E-state index contributed by atoms with van der Waals surface area (Å²) < 4.78 is 35.4. The number of carbonyl (C=O) groups excluding carboxylic acids is 1. The fraction of sp³-hybridized carbons (Fsp3) is 0.462. The molecule has 0 aromatic heterocycles. The molecule has 0 saturated carbocycles. The molecular weight excluding hydrogens is 301 g/mol. The van der Waals surface area contributed by atoms with Crippen LogP contribution in [0.4, 0.5) is 4.39 Å². The number of carbonyl (C=O) groups is 1. The second-order valence-electron chi connectivity index (χ2n) is 4.82. The molecule has 4 nitrogen and oxygen atoms in total. The monoisotopic (exact) mass is 317 g/mol. The molecule has 1 amide bonds. The predicted molar refractivity (Wildman–Crippen MR) is 76.9 cm³/mol. The van der Waals surface area contributed by atoms with Crippen LogP contribution in [-0.2, 0) is 14.6 Å². The number of hydrogen-bond acceptors (Lipinski definition) is 4. The average Bonchev–Trinajstić information content (AvgIpc) is 2.71. The van der Waals surface area contributed by atoms with Gasteiger partial charge in [-0.1, -0.05) is 0 Å². The lowest BCUT2D eigenvalue weighted by Gasteiger charge is -2.15. The van der Waals surface area contributed by atoms with Crippen LogP contribution >= 0.6 is 11.8 Å². The van der Waals surface area contributed by atoms with Crippen molar-refractivity contribution >= 4 is 27.5 Å². The zero-order valence-corrected chi connectivity index (χ0v) is 12.6. The van der Waals surface area contributed by atoms with Gasteiger partial charge >= 0.3 is 0 Å². The Kier molecular flexibility index (Phi) is 4.70. The molecule has 0 unspecified atom stereocenters. The van der Waals surface area contributed by atoms with Gasteiger partial charge in [-0.25, -0.2) is 12.8 Å². The number of thioether (sulfide) groups is 1. The molecule has 1 heterocycles. The van der Waals surface area contributed by atoms with Gasteiger partial charge in [0, 0.05) is 10.9 Å². The van der Waals surface area contributed by atoms with Crippen LogP contribution in [0.15, 0.2) is 29.2 Å². The molecule has 1 fully saturated rings. The van der Waals surface area contributed by atoms with Crippen molar-refractivity contribution in [2.24, 2.45) is 0 Å². The molecule has 1 N–H and O–H groups in total. The summed E-state index contributed by atoms with van der Waals surface area (Å²) in [5.41, 5.74) is 0. The summed E-state index contributed by atoms with van der Waals surface area (Å²) in [5, 5.41) is 2.40. The van der Waals surface area contributed by atoms with Gasteiger partial charge in [0.05, 0.1) is 16.8 Å². The highest BCUT2D eigenvalue weighted by Gasteiger charge is 2.30. The number of nitrogens with one attached hydrogen (secondary N) is 1. The van der Waals surface area contributed by atoms with E-state index in [0.717, 1.165) is 4.90 Å². The summed E-state index contributed by atoms with van der Waals surface area (Å²) in [4.78, 5) is 12.8. The van der Waals surface area contributed by atoms with Gasteiger partial charge in [-0.15, -0.1) is 11.8 Å². The van der Waals surface area contributed by atoms with E-state index in [1.54, 1.807) is 19.1 Å². The Hall–Kier alpha value is -1.08. The van der Waals surface area contributed by atoms with Crippen LogP contribution in [-0.4, -0.2) is 37.1 Å². The van der Waals surface area contributed by atoms with E-state index < -0.39 is 9.84 Å². The Bertz CT molecular complexity index is 586. The van der Waals surface area contributed by atoms with E-state index in [0.29, 0.717) is 6.42 Å². The molecule has 20 heavy (non-hydrogen) atoms. The third-order valence-electron chi connectivity index (χ3n) is 3.07. The van der Waals surface area contributed by atoms with E-state index in [9.17, 15) is 17.6 Å². The highest BCUT2D eigenvalue weighted by molar-refractivity contribution is 8.00. The van der Waals surface area contributed by atoms with Crippen molar-refractivity contribution in [3.8, 4) is 0 Å². The van der Waals surface area contributed by atoms with Crippen LogP contribution in [0.2, 0.25) is 0 Å². The van der Waals surface area contributed by atoms with Gasteiger partial charge in [0.1, 0.15) is 5.82 Å². The maximum absolute atomic E-state index is 12.8. The van der Waals surface area contributed by atoms with Gasteiger partial charge in [-0.3, -0.25) is 4.79 Å². The average molecular weight is 317 g/mol. The van der Waals surface area contributed by atoms with Crippen LogP contribution in [0, 0.1) is 5.82 Å². The van der Waals surface area contributed by atoms with Gasteiger partial charge in [0.15, 0.2) is 9.84 Å². The van der Waals surface area contributed by atoms with Crippen molar-refractivity contribution in [2.75, 3.05) is 11.5 Å². The minimum Gasteiger partial charge on any atom is -0.351 e. The number of benzene rings is 1. The number of rotatable bonds is 4. The molecule has 0 radical (unpaired) electrons. The summed E-state index contributed by atoms with van der Waals surface area (Å²) in [7, 11) is -2.99. The number of halogens is 1. The molecule has 0 spiro atoms. The summed E-state index contributed by atoms with van der Waals surface area (Å²) in [6.45, 7) is 1.74. The van der Waals surface area contributed by atoms with Gasteiger partial charge in [0.25, 0.3) is 0 Å². The van der Waals surface area contributed by atoms with Crippen molar-refractivity contribution in [3.05, 3.63) is 30.1 Å². The molecule has 1 aliphatic rings. The second kappa shape index (κ2) is 6.13. The van der Waals surface area contributed by atoms with Crippen LogP contribution in [0.3, 0.4) is 0 Å². The Morgan fingerprint density at radius 2 is 2.05 bits per heavy atom. The predicted octanol–water partition coefficient (Wildman–Crippen LogP) is 1.61. The Morgan fingerprint density at radius 1 is 1.40 bits per heavy atom. The lowest BCUT2D eigenvalue weighted by atomic mass is 10.2. The van der Waals surface area contributed by atoms with E-state index >= 15 is 0 Å². The van der Waals surface area contributed by atoms with Crippen LogP contribution in [0.1, 0.15) is 13.3 Å². The third kappa shape index (κ3) is 4.21. The van der Waals surface area contributed by atoms with E-state index in [-0.39, 0.29) is 34.5 Å². The van der Waals surface area contributed by atoms with Gasteiger partial charge in [0.2, 0.25) is 5.91 Å². The Morgan fingerprint density at radius 3 is 2.60 bits per heavy atom. The minimum atomic E-state index is -2.99. The van der Waals surface area contributed by atoms with E-state index in [2.05, 4.69) is 5.32 Å². The molecule has 1 aliphatic heterocycles. The molecule has 2 rings (SSSR count). The first-order chi connectivity index (χ1) is 9.35. The largest absolute Gasteiger partial charge is 0.351 e. The first kappa shape index (κ1) is 15.3. The second-order valence-corrected chi connectivity index (χ2v) is 8.47. The SMILES string of the molecule is C[C@@H](Sc1ccc(F)cc1)C(=O)N[C@H]1CCS(=O)(=O)C1. The molecule has 1 aromatic rings. The zero-order valence-electron chi connectivity index (χ0n) is 11.0. The van der Waals surface area contributed by atoms with Crippen LogP contribution in [0.25, 0.3) is 0 Å². The van der Waals surface area contributed by atoms with Crippen molar-refractivity contribution < 1.29 is 17.6 Å². The summed E-state index contributed by atoms with van der Waals surface area (Å²) in [6, 6.07) is 5.63. The molecule has 110 valence electrons. The van der Waals surface area contributed by atoms with Gasteiger partial charge in [-0.05, 0) is 37.6 Å². The van der Waals surface area contributed by atoms with Crippen molar-refractivity contribution in [1.29, 1.82) is 0 Å². The van der Waals surface area contributed by atoms with E-state index in [4.69, 9.17) is 0 Å². The van der Waals surface area contributed by atoms with Crippen molar-refractivity contribution in [2.45, 2.75) is 29.5 Å². The maximum atomic E-state index is 12.8. The lowest BCUT2D eigenvalue weighted by molar-refractivity contribution is -0.120. The summed E-state index contributed by atoms with van der Waals surface area (Å²) >= 11 is 1.32. The Labute approximate surface area is 122 Å². The number of amides is 1. The fourth-order valence-electron chi connectivity index (χ4n) is 2.00. The molecule has 0 bridgehead atoms. The maximum Gasteiger partial charge on any atom is 0.233 e. The fourth-order valence-corrected chi connectivity index (χ4v) is 4.55. The topological polar surface area (TPSA) is 63.2 Å². The molecule has 1 saturated heterocycles. The first-order valence-electron chi connectivity index (χ1n) is 6.29. The lowest BCUT2D eigenvalue weighted by Crippen LogP contribution is -2.39. The smallest absolute Gasteiger partial charge is 0.233 e. The molecule has 1 aromatic carbocycles. The summed E-state index contributed by atoms with van der Waals surface area (Å²) in [6.07, 6.45) is 0.474. The first-order valence-corrected chi connectivity index (χ1v) is 8.99. The van der Waals surface area contributed by atoms with Gasteiger partial charge in [-0.2, -0.15) is 0 Å². The molecule has 0 aliphatic carbocycles. The molecular formula is C13H16FNO3S2. The van der Waals surface area contributed by atoms with E-state index in [1.165, 1.54) is 23.9 Å². The van der Waals surface area contributed by atoms with Crippen LogP contribution < -0.4 is 5.32 Å². The third-order valence-corrected chi connectivity index (χ3v) is 5.95. The minimum absolute atomic E-state index is 0.0205. The number of hydrogen-bond donors (Lipinski definition) is 1. The van der Waals surface area contributed by atoms with E-state index in [1.807, 2.05) is 0 Å². The summed E-state index contributed by atoms with van der Waals surface area (Å²) in [5.74, 6) is -0.353. The van der Waals surface area contributed by atoms with Crippen molar-refractivity contribution in [1.82, 2.24) is 5.32 Å². The highest BCUT2D eigenvalue weighted by Crippen LogP contribution is 2.24.